The van der Waals surface area contributed by atoms with Crippen LogP contribution in [0.1, 0.15) is 24.4 Å². The molecule has 196 valence electrons. The van der Waals surface area contributed by atoms with Crippen LogP contribution in [-0.4, -0.2) is 53.1 Å². The van der Waals surface area contributed by atoms with Gasteiger partial charge < -0.3 is 0 Å². The number of hydrogen-bond donors (Lipinski definition) is 0. The minimum Gasteiger partial charge on any atom is -0.299 e. The van der Waals surface area contributed by atoms with Gasteiger partial charge in [-0.2, -0.15) is 4.80 Å². The molecule has 0 aliphatic carbocycles. The molecule has 1 aliphatic rings. The minimum atomic E-state index is 0.258. The molecular formula is C32H28N8. The molecule has 0 spiro atoms. The van der Waals surface area contributed by atoms with Crippen LogP contribution >= 0.6 is 0 Å². The van der Waals surface area contributed by atoms with E-state index in [9.17, 15) is 0 Å². The molecule has 1 saturated heterocycles. The normalized spacial score (nSPS) is 14.5. The first-order chi connectivity index (χ1) is 19.8. The Bertz CT molecular complexity index is 1720. The Morgan fingerprint density at radius 1 is 0.800 bits per heavy atom. The van der Waals surface area contributed by atoms with Crippen molar-refractivity contribution in [3.05, 3.63) is 109 Å². The number of aromatic nitrogens is 7. The van der Waals surface area contributed by atoms with Crippen LogP contribution in [0.4, 0.5) is 0 Å². The number of pyridine rings is 3. The first-order valence-electron chi connectivity index (χ1n) is 13.6. The Morgan fingerprint density at radius 2 is 1.62 bits per heavy atom. The summed E-state index contributed by atoms with van der Waals surface area (Å²) in [7, 11) is 0. The highest BCUT2D eigenvalue weighted by Crippen LogP contribution is 2.33. The molecule has 7 rings (SSSR count). The fourth-order valence-corrected chi connectivity index (χ4v) is 5.39. The zero-order valence-corrected chi connectivity index (χ0v) is 22.0. The zero-order chi connectivity index (χ0) is 26.7. The number of rotatable bonds is 6. The van der Waals surface area contributed by atoms with E-state index in [-0.39, 0.29) is 6.04 Å². The smallest absolute Gasteiger partial charge is 0.223 e. The molecule has 0 unspecified atom stereocenters. The van der Waals surface area contributed by atoms with Crippen LogP contribution in [0.15, 0.2) is 104 Å². The number of piperidine rings is 1. The van der Waals surface area contributed by atoms with E-state index >= 15 is 0 Å². The van der Waals surface area contributed by atoms with Gasteiger partial charge in [0.1, 0.15) is 5.69 Å². The Morgan fingerprint density at radius 3 is 2.42 bits per heavy atom. The summed E-state index contributed by atoms with van der Waals surface area (Å²) in [4.78, 5) is 17.9. The molecule has 8 nitrogen and oxygen atoms in total. The summed E-state index contributed by atoms with van der Waals surface area (Å²) in [5.74, 6) is 0.580. The van der Waals surface area contributed by atoms with Crippen LogP contribution in [0.3, 0.4) is 0 Å². The molecule has 5 heterocycles. The zero-order valence-electron chi connectivity index (χ0n) is 22.0. The van der Waals surface area contributed by atoms with Crippen molar-refractivity contribution in [1.82, 2.24) is 40.1 Å². The van der Waals surface area contributed by atoms with Crippen molar-refractivity contribution < 1.29 is 0 Å². The summed E-state index contributed by atoms with van der Waals surface area (Å²) >= 11 is 0. The molecule has 1 aliphatic heterocycles. The van der Waals surface area contributed by atoms with Crippen molar-refractivity contribution in [2.24, 2.45) is 0 Å². The molecule has 8 heteroatoms. The molecule has 0 amide bonds. The van der Waals surface area contributed by atoms with Gasteiger partial charge in [-0.1, -0.05) is 60.7 Å². The maximum Gasteiger partial charge on any atom is 0.223 e. The Hall–Kier alpha value is -4.82. The summed E-state index contributed by atoms with van der Waals surface area (Å²) < 4.78 is 0. The number of likely N-dealkylation sites (tertiary alicyclic amines) is 1. The molecule has 0 atom stereocenters. The maximum atomic E-state index is 5.05. The summed E-state index contributed by atoms with van der Waals surface area (Å²) in [6, 6.07) is 29.5. The molecule has 0 radical (unpaired) electrons. The Kier molecular flexibility index (Phi) is 6.51. The highest BCUT2D eigenvalue weighted by atomic mass is 15.6. The van der Waals surface area contributed by atoms with E-state index in [2.05, 4.69) is 84.9 Å². The van der Waals surface area contributed by atoms with Crippen LogP contribution in [-0.2, 0) is 6.54 Å². The van der Waals surface area contributed by atoms with Crippen LogP contribution < -0.4 is 0 Å². The molecule has 2 aromatic carbocycles. The molecule has 6 aromatic rings. The van der Waals surface area contributed by atoms with Crippen LogP contribution in [0.5, 0.6) is 0 Å². The van der Waals surface area contributed by atoms with Gasteiger partial charge in [0.25, 0.3) is 0 Å². The van der Waals surface area contributed by atoms with E-state index in [1.54, 1.807) is 17.2 Å². The summed E-state index contributed by atoms with van der Waals surface area (Å²) in [6.07, 6.45) is 7.41. The number of benzene rings is 2. The molecule has 4 aromatic heterocycles. The number of fused-ring (bicyclic) bond motifs is 1. The fraction of sp³-hybridized carbons (Fsp3) is 0.188. The van der Waals surface area contributed by atoms with Crippen LogP contribution in [0.2, 0.25) is 0 Å². The van der Waals surface area contributed by atoms with Gasteiger partial charge in [0, 0.05) is 54.7 Å². The second kappa shape index (κ2) is 10.7. The second-order valence-corrected chi connectivity index (χ2v) is 10.2. The lowest BCUT2D eigenvalue weighted by Gasteiger charge is -2.31. The molecule has 0 N–H and O–H groups in total. The highest BCUT2D eigenvalue weighted by Gasteiger charge is 2.23. The predicted molar refractivity (Wildman–Crippen MR) is 155 cm³/mol. The molecule has 0 saturated carbocycles. The van der Waals surface area contributed by atoms with Gasteiger partial charge in [0.05, 0.1) is 17.3 Å². The standard InChI is InChI=1S/C32H28N8/c1-2-6-24(7-3-1)28-20-26-21-33-17-13-29(26)35-31(28)25-11-9-23(10-12-25)22-39-18-14-27(15-19-39)40-37-32(36-38-40)30-8-4-5-16-34-30/h1-13,16-17,20-21,27H,14-15,18-19,22H2. The number of hydrogen-bond acceptors (Lipinski definition) is 7. The fourth-order valence-electron chi connectivity index (χ4n) is 5.39. The van der Waals surface area contributed by atoms with Gasteiger partial charge in [-0.15, -0.1) is 10.2 Å². The van der Waals surface area contributed by atoms with Crippen LogP contribution in [0, 0.1) is 0 Å². The van der Waals surface area contributed by atoms with Gasteiger partial charge in [-0.05, 0) is 53.4 Å². The maximum absolute atomic E-state index is 5.05. The third-order valence-corrected chi connectivity index (χ3v) is 7.54. The third-order valence-electron chi connectivity index (χ3n) is 7.54. The van der Waals surface area contributed by atoms with Crippen molar-refractivity contribution in [3.8, 4) is 33.9 Å². The number of nitrogens with zero attached hydrogens (tertiary/aromatic N) is 8. The lowest BCUT2D eigenvalue weighted by Crippen LogP contribution is -2.34. The average molecular weight is 525 g/mol. The SMILES string of the molecule is c1ccc(-c2cc3cnccc3nc2-c2ccc(CN3CCC(n4nnc(-c5ccccn5)n4)CC3)cc2)cc1. The third kappa shape index (κ3) is 4.97. The van der Waals surface area contributed by atoms with Crippen LogP contribution in [0.25, 0.3) is 44.8 Å². The van der Waals surface area contributed by atoms with Gasteiger partial charge in [-0.3, -0.25) is 14.9 Å². The van der Waals surface area contributed by atoms with Gasteiger partial charge in [0.2, 0.25) is 5.82 Å². The van der Waals surface area contributed by atoms with Crippen molar-refractivity contribution in [3.63, 3.8) is 0 Å². The van der Waals surface area contributed by atoms with Crippen molar-refractivity contribution in [1.29, 1.82) is 0 Å². The predicted octanol–water partition coefficient (Wildman–Crippen LogP) is 5.85. The highest BCUT2D eigenvalue weighted by molar-refractivity contribution is 5.91. The van der Waals surface area contributed by atoms with Gasteiger partial charge in [0.15, 0.2) is 0 Å². The van der Waals surface area contributed by atoms with E-state index in [0.717, 1.165) is 71.5 Å². The Balaban J connectivity index is 1.05. The minimum absolute atomic E-state index is 0.258. The van der Waals surface area contributed by atoms with E-state index in [1.165, 1.54) is 5.56 Å². The van der Waals surface area contributed by atoms with Gasteiger partial charge in [-0.25, -0.2) is 4.98 Å². The molecule has 0 bridgehead atoms. The average Bonchev–Trinajstić information content (AvgIpc) is 3.53. The molecular weight excluding hydrogens is 496 g/mol. The van der Waals surface area contributed by atoms with E-state index in [1.807, 2.05) is 36.5 Å². The molecule has 1 fully saturated rings. The van der Waals surface area contributed by atoms with Gasteiger partial charge >= 0.3 is 0 Å². The Labute approximate surface area is 232 Å². The van der Waals surface area contributed by atoms with Crippen molar-refractivity contribution >= 4 is 10.9 Å². The molecule has 40 heavy (non-hydrogen) atoms. The quantitative estimate of drug-likeness (QED) is 0.270. The first kappa shape index (κ1) is 24.2. The second-order valence-electron chi connectivity index (χ2n) is 10.2. The number of tetrazole rings is 1. The lowest BCUT2D eigenvalue weighted by molar-refractivity contribution is 0.164. The van der Waals surface area contributed by atoms with E-state index < -0.39 is 0 Å². The van der Waals surface area contributed by atoms with E-state index in [4.69, 9.17) is 4.98 Å². The summed E-state index contributed by atoms with van der Waals surface area (Å²) in [5, 5.41) is 14.2. The van der Waals surface area contributed by atoms with Crippen molar-refractivity contribution in [2.75, 3.05) is 13.1 Å². The first-order valence-corrected chi connectivity index (χ1v) is 13.6. The monoisotopic (exact) mass is 524 g/mol. The van der Waals surface area contributed by atoms with Crippen molar-refractivity contribution in [2.45, 2.75) is 25.4 Å². The van der Waals surface area contributed by atoms with E-state index in [0.29, 0.717) is 5.82 Å². The lowest BCUT2D eigenvalue weighted by atomic mass is 9.97. The summed E-state index contributed by atoms with van der Waals surface area (Å²) in [6.45, 7) is 2.90. The largest absolute Gasteiger partial charge is 0.299 e. The topological polar surface area (TPSA) is 85.5 Å². The summed E-state index contributed by atoms with van der Waals surface area (Å²) in [5.41, 5.74) is 7.36.